The average Bonchev–Trinajstić information content (AvgIpc) is 2.72. The molecule has 1 aromatic heterocycles. The highest BCUT2D eigenvalue weighted by Crippen LogP contribution is 2.06. The van der Waals surface area contributed by atoms with Gasteiger partial charge in [-0.25, -0.2) is 4.39 Å². The lowest BCUT2D eigenvalue weighted by Gasteiger charge is -2.12. The fourth-order valence-corrected chi connectivity index (χ4v) is 2.74. The Morgan fingerprint density at radius 2 is 1.45 bits per heavy atom. The van der Waals surface area contributed by atoms with E-state index in [1.165, 1.54) is 12.1 Å². The molecule has 0 saturated heterocycles. The third-order valence-corrected chi connectivity index (χ3v) is 4.33. The van der Waals surface area contributed by atoms with E-state index in [1.54, 1.807) is 42.1 Å². The van der Waals surface area contributed by atoms with Crippen LogP contribution in [0.3, 0.4) is 0 Å². The van der Waals surface area contributed by atoms with Crippen molar-refractivity contribution in [2.45, 2.75) is 19.6 Å². The lowest BCUT2D eigenvalue weighted by molar-refractivity contribution is 0.626. The van der Waals surface area contributed by atoms with Gasteiger partial charge in [-0.2, -0.15) is 0 Å². The quantitative estimate of drug-likeness (QED) is 0.306. The normalized spacial score (nSPS) is 10.9. The summed E-state index contributed by atoms with van der Waals surface area (Å²) < 4.78 is 14.6. The SMILES string of the molecule is CN=C(NCc1ccc(F)cc1)NCc1ccc(Cn2ccccc2=O)cc1.I. The molecule has 0 spiro atoms. The number of aromatic nitrogens is 1. The zero-order chi connectivity index (χ0) is 19.8. The first-order valence-electron chi connectivity index (χ1n) is 9.06. The molecule has 29 heavy (non-hydrogen) atoms. The van der Waals surface area contributed by atoms with Crippen LogP contribution < -0.4 is 16.2 Å². The molecule has 0 unspecified atom stereocenters. The molecule has 7 heteroatoms. The Labute approximate surface area is 186 Å². The van der Waals surface area contributed by atoms with Gasteiger partial charge in [-0.3, -0.25) is 9.79 Å². The number of pyridine rings is 1. The Bertz CT molecular complexity index is 985. The van der Waals surface area contributed by atoms with Gasteiger partial charge in [-0.15, -0.1) is 24.0 Å². The van der Waals surface area contributed by atoms with Gasteiger partial charge in [-0.1, -0.05) is 42.5 Å². The second kappa shape index (κ2) is 11.4. The summed E-state index contributed by atoms with van der Waals surface area (Å²) in [5.74, 6) is 0.427. The predicted octanol–water partition coefficient (Wildman–Crippen LogP) is 3.52. The van der Waals surface area contributed by atoms with E-state index >= 15 is 0 Å². The van der Waals surface area contributed by atoms with Crippen molar-refractivity contribution in [2.75, 3.05) is 7.05 Å². The van der Waals surface area contributed by atoms with Crippen molar-refractivity contribution in [3.63, 3.8) is 0 Å². The summed E-state index contributed by atoms with van der Waals surface area (Å²) in [6, 6.07) is 19.6. The van der Waals surface area contributed by atoms with Gasteiger partial charge < -0.3 is 15.2 Å². The molecular weight excluding hydrogens is 482 g/mol. The van der Waals surface area contributed by atoms with Gasteiger partial charge in [0.1, 0.15) is 5.82 Å². The first kappa shape index (κ1) is 22.6. The van der Waals surface area contributed by atoms with Crippen LogP contribution >= 0.6 is 24.0 Å². The van der Waals surface area contributed by atoms with Crippen LogP contribution in [0, 0.1) is 5.82 Å². The van der Waals surface area contributed by atoms with Crippen molar-refractivity contribution in [3.8, 4) is 0 Å². The highest BCUT2D eigenvalue weighted by Gasteiger charge is 2.01. The van der Waals surface area contributed by atoms with Crippen LogP contribution in [0.15, 0.2) is 82.7 Å². The highest BCUT2D eigenvalue weighted by atomic mass is 127. The Morgan fingerprint density at radius 3 is 2.00 bits per heavy atom. The number of halogens is 2. The van der Waals surface area contributed by atoms with Crippen molar-refractivity contribution < 1.29 is 4.39 Å². The molecule has 2 N–H and O–H groups in total. The summed E-state index contributed by atoms with van der Waals surface area (Å²) in [6.07, 6.45) is 1.79. The van der Waals surface area contributed by atoms with Gasteiger partial charge in [0.05, 0.1) is 6.54 Å². The summed E-state index contributed by atoms with van der Waals surface area (Å²) in [7, 11) is 1.71. The van der Waals surface area contributed by atoms with Crippen molar-refractivity contribution in [1.82, 2.24) is 15.2 Å². The Morgan fingerprint density at radius 1 is 0.897 bits per heavy atom. The fourth-order valence-electron chi connectivity index (χ4n) is 2.74. The summed E-state index contributed by atoms with van der Waals surface area (Å²) in [4.78, 5) is 16.0. The smallest absolute Gasteiger partial charge is 0.250 e. The van der Waals surface area contributed by atoms with E-state index in [0.29, 0.717) is 25.6 Å². The number of nitrogens with zero attached hydrogens (tertiary/aromatic N) is 2. The largest absolute Gasteiger partial charge is 0.352 e. The zero-order valence-corrected chi connectivity index (χ0v) is 18.5. The number of guanidine groups is 1. The molecule has 0 atom stereocenters. The van der Waals surface area contributed by atoms with Crippen LogP contribution in [-0.4, -0.2) is 17.6 Å². The maximum Gasteiger partial charge on any atom is 0.250 e. The molecule has 0 bridgehead atoms. The van der Waals surface area contributed by atoms with E-state index in [4.69, 9.17) is 0 Å². The molecule has 152 valence electrons. The molecule has 1 heterocycles. The van der Waals surface area contributed by atoms with Crippen LogP contribution in [0.1, 0.15) is 16.7 Å². The molecule has 2 aromatic carbocycles. The Kier molecular flexibility index (Phi) is 8.85. The Hall–Kier alpha value is -2.68. The molecule has 5 nitrogen and oxygen atoms in total. The predicted molar refractivity (Wildman–Crippen MR) is 125 cm³/mol. The number of hydrogen-bond donors (Lipinski definition) is 2. The molecule has 0 fully saturated rings. The van der Waals surface area contributed by atoms with E-state index in [2.05, 4.69) is 15.6 Å². The minimum atomic E-state index is -0.244. The van der Waals surface area contributed by atoms with Crippen molar-refractivity contribution in [1.29, 1.82) is 0 Å². The van der Waals surface area contributed by atoms with Crippen LogP contribution in [0.4, 0.5) is 4.39 Å². The van der Waals surface area contributed by atoms with E-state index in [1.807, 2.05) is 30.3 Å². The van der Waals surface area contributed by atoms with Crippen molar-refractivity contribution in [2.24, 2.45) is 4.99 Å². The van der Waals surface area contributed by atoms with E-state index < -0.39 is 0 Å². The summed E-state index contributed by atoms with van der Waals surface area (Å²) >= 11 is 0. The summed E-state index contributed by atoms with van der Waals surface area (Å²) in [6.45, 7) is 1.73. The topological polar surface area (TPSA) is 58.4 Å². The number of aliphatic imine (C=N–C) groups is 1. The molecular formula is C22H24FIN4O. The molecule has 0 radical (unpaired) electrons. The van der Waals surface area contributed by atoms with Crippen LogP contribution in [0.5, 0.6) is 0 Å². The first-order chi connectivity index (χ1) is 13.6. The van der Waals surface area contributed by atoms with Crippen LogP contribution in [0.25, 0.3) is 0 Å². The number of rotatable bonds is 6. The molecule has 0 amide bonds. The van der Waals surface area contributed by atoms with E-state index in [0.717, 1.165) is 16.7 Å². The van der Waals surface area contributed by atoms with Gasteiger partial charge >= 0.3 is 0 Å². The molecule has 3 rings (SSSR count). The molecule has 0 aliphatic heterocycles. The molecule has 0 saturated carbocycles. The molecule has 0 aliphatic rings. The third-order valence-electron chi connectivity index (χ3n) is 4.33. The van der Waals surface area contributed by atoms with Gasteiger partial charge in [0, 0.05) is 32.4 Å². The number of benzene rings is 2. The maximum atomic E-state index is 13.0. The van der Waals surface area contributed by atoms with E-state index in [9.17, 15) is 9.18 Å². The van der Waals surface area contributed by atoms with Crippen LogP contribution in [0.2, 0.25) is 0 Å². The van der Waals surface area contributed by atoms with Gasteiger partial charge in [-0.05, 0) is 34.9 Å². The number of nitrogens with one attached hydrogen (secondary N) is 2. The minimum Gasteiger partial charge on any atom is -0.352 e. The minimum absolute atomic E-state index is 0. The highest BCUT2D eigenvalue weighted by molar-refractivity contribution is 14.0. The van der Waals surface area contributed by atoms with Gasteiger partial charge in [0.15, 0.2) is 5.96 Å². The summed E-state index contributed by atoms with van der Waals surface area (Å²) in [5.41, 5.74) is 3.14. The van der Waals surface area contributed by atoms with Crippen molar-refractivity contribution in [3.05, 3.63) is 106 Å². The third kappa shape index (κ3) is 7.01. The second-order valence-electron chi connectivity index (χ2n) is 6.39. The Balaban J connectivity index is 0.00000300. The average molecular weight is 506 g/mol. The van der Waals surface area contributed by atoms with Crippen LogP contribution in [-0.2, 0) is 19.6 Å². The lowest BCUT2D eigenvalue weighted by Crippen LogP contribution is -2.36. The monoisotopic (exact) mass is 506 g/mol. The van der Waals surface area contributed by atoms with Gasteiger partial charge in [0.25, 0.3) is 5.56 Å². The van der Waals surface area contributed by atoms with Crippen molar-refractivity contribution >= 4 is 29.9 Å². The van der Waals surface area contributed by atoms with Gasteiger partial charge in [0.2, 0.25) is 0 Å². The lowest BCUT2D eigenvalue weighted by atomic mass is 10.1. The summed E-state index contributed by atoms with van der Waals surface area (Å²) in [5, 5.41) is 6.46. The van der Waals surface area contributed by atoms with E-state index in [-0.39, 0.29) is 35.4 Å². The second-order valence-corrected chi connectivity index (χ2v) is 6.39. The molecule has 0 aliphatic carbocycles. The molecule has 3 aromatic rings. The standard InChI is InChI=1S/C22H23FN4O.HI/c1-24-22(26-15-18-9-11-20(23)12-10-18)25-14-17-5-7-19(8-6-17)16-27-13-3-2-4-21(27)28;/h2-13H,14-16H2,1H3,(H2,24,25,26);1H. The zero-order valence-electron chi connectivity index (χ0n) is 16.1. The maximum absolute atomic E-state index is 13.0. The fraction of sp³-hybridized carbons (Fsp3) is 0.182. The first-order valence-corrected chi connectivity index (χ1v) is 9.06. The number of hydrogen-bond acceptors (Lipinski definition) is 2.